The molecule has 2 N–H and O–H groups in total. The summed E-state index contributed by atoms with van der Waals surface area (Å²) in [6.45, 7) is 3.36. The molecule has 2 aromatic rings. The molecule has 2 aromatic carbocycles. The summed E-state index contributed by atoms with van der Waals surface area (Å²) < 4.78 is 18.1. The van der Waals surface area contributed by atoms with E-state index in [0.29, 0.717) is 5.56 Å². The van der Waals surface area contributed by atoms with Gasteiger partial charge in [-0.05, 0) is 43.7 Å². The van der Waals surface area contributed by atoms with E-state index in [0.717, 1.165) is 17.2 Å². The van der Waals surface area contributed by atoms with Crippen LogP contribution in [0.15, 0.2) is 36.4 Å². The number of amides is 2. The SMILES string of the molecule is Cc1ccc(C(=O)NNC(=O)COc2ccc(F)cc2Cl)c(C)c1. The number of aryl methyl sites for hydroxylation is 2. The molecule has 126 valence electrons. The summed E-state index contributed by atoms with van der Waals surface area (Å²) in [6, 6.07) is 8.93. The van der Waals surface area contributed by atoms with E-state index in [2.05, 4.69) is 10.9 Å². The van der Waals surface area contributed by atoms with Crippen molar-refractivity contribution in [2.75, 3.05) is 6.61 Å². The van der Waals surface area contributed by atoms with Crippen molar-refractivity contribution < 1.29 is 18.7 Å². The molecule has 24 heavy (non-hydrogen) atoms. The van der Waals surface area contributed by atoms with Gasteiger partial charge in [0.2, 0.25) is 0 Å². The zero-order chi connectivity index (χ0) is 17.7. The number of carbonyl (C=O) groups is 2. The van der Waals surface area contributed by atoms with Crippen molar-refractivity contribution in [3.8, 4) is 5.75 Å². The second-order valence-corrected chi connectivity index (χ2v) is 5.59. The standard InChI is InChI=1S/C17H16ClFN2O3/c1-10-3-5-13(11(2)7-10)17(23)21-20-16(22)9-24-15-6-4-12(19)8-14(15)18/h3-8H,9H2,1-2H3,(H,20,22)(H,21,23). The topological polar surface area (TPSA) is 67.4 Å². The predicted molar refractivity (Wildman–Crippen MR) is 88.4 cm³/mol. The third kappa shape index (κ3) is 4.70. The van der Waals surface area contributed by atoms with Crippen molar-refractivity contribution in [3.05, 3.63) is 63.9 Å². The molecule has 0 aliphatic carbocycles. The van der Waals surface area contributed by atoms with Crippen LogP contribution in [0, 0.1) is 19.7 Å². The predicted octanol–water partition coefficient (Wildman–Crippen LogP) is 2.94. The Morgan fingerprint density at radius 1 is 1.12 bits per heavy atom. The highest BCUT2D eigenvalue weighted by Gasteiger charge is 2.11. The molecule has 0 heterocycles. The van der Waals surface area contributed by atoms with Crippen LogP contribution in [0.5, 0.6) is 5.75 Å². The van der Waals surface area contributed by atoms with Crippen LogP contribution in [-0.4, -0.2) is 18.4 Å². The van der Waals surface area contributed by atoms with E-state index in [-0.39, 0.29) is 17.4 Å². The van der Waals surface area contributed by atoms with E-state index in [1.165, 1.54) is 12.1 Å². The van der Waals surface area contributed by atoms with Gasteiger partial charge in [0.25, 0.3) is 11.8 Å². The lowest BCUT2D eigenvalue weighted by atomic mass is 10.1. The van der Waals surface area contributed by atoms with Crippen LogP contribution in [0.2, 0.25) is 5.02 Å². The fourth-order valence-electron chi connectivity index (χ4n) is 2.03. The summed E-state index contributed by atoms with van der Waals surface area (Å²) in [6.07, 6.45) is 0. The van der Waals surface area contributed by atoms with Crippen molar-refractivity contribution >= 4 is 23.4 Å². The second kappa shape index (κ2) is 7.79. The van der Waals surface area contributed by atoms with Crippen LogP contribution in [0.25, 0.3) is 0 Å². The van der Waals surface area contributed by atoms with Gasteiger partial charge in [-0.25, -0.2) is 4.39 Å². The van der Waals surface area contributed by atoms with Gasteiger partial charge in [-0.1, -0.05) is 29.3 Å². The maximum absolute atomic E-state index is 12.9. The van der Waals surface area contributed by atoms with Crippen molar-refractivity contribution in [1.29, 1.82) is 0 Å². The maximum atomic E-state index is 12.9. The summed E-state index contributed by atoms with van der Waals surface area (Å²) in [7, 11) is 0. The van der Waals surface area contributed by atoms with Gasteiger partial charge >= 0.3 is 0 Å². The highest BCUT2D eigenvalue weighted by molar-refractivity contribution is 6.32. The van der Waals surface area contributed by atoms with E-state index >= 15 is 0 Å². The zero-order valence-corrected chi connectivity index (χ0v) is 13.9. The fraction of sp³-hybridized carbons (Fsp3) is 0.176. The Hall–Kier alpha value is -2.60. The van der Waals surface area contributed by atoms with Gasteiger partial charge in [0.05, 0.1) is 5.02 Å². The normalized spacial score (nSPS) is 10.2. The molecule has 0 aliphatic rings. The quantitative estimate of drug-likeness (QED) is 0.833. The smallest absolute Gasteiger partial charge is 0.276 e. The van der Waals surface area contributed by atoms with Crippen LogP contribution in [0.4, 0.5) is 4.39 Å². The lowest BCUT2D eigenvalue weighted by Crippen LogP contribution is -2.44. The molecular weight excluding hydrogens is 335 g/mol. The summed E-state index contributed by atoms with van der Waals surface area (Å²) >= 11 is 5.78. The number of hydrogen-bond acceptors (Lipinski definition) is 3. The van der Waals surface area contributed by atoms with E-state index < -0.39 is 17.6 Å². The number of halogens is 2. The summed E-state index contributed by atoms with van der Waals surface area (Å²) in [4.78, 5) is 23.7. The van der Waals surface area contributed by atoms with Crippen LogP contribution in [0.1, 0.15) is 21.5 Å². The Kier molecular flexibility index (Phi) is 5.76. The number of nitrogens with one attached hydrogen (secondary N) is 2. The Balaban J connectivity index is 1.85. The summed E-state index contributed by atoms with van der Waals surface area (Å²) in [5.74, 6) is -1.33. The van der Waals surface area contributed by atoms with Gasteiger partial charge in [0.1, 0.15) is 11.6 Å². The monoisotopic (exact) mass is 350 g/mol. The Labute approximate surface area is 143 Å². The molecule has 2 amide bonds. The number of hydrogen-bond donors (Lipinski definition) is 2. The molecule has 0 saturated heterocycles. The van der Waals surface area contributed by atoms with Gasteiger partial charge in [-0.3, -0.25) is 20.4 Å². The molecule has 2 rings (SSSR count). The molecular formula is C17H16ClFN2O3. The number of rotatable bonds is 4. The molecule has 0 radical (unpaired) electrons. The molecule has 0 fully saturated rings. The largest absolute Gasteiger partial charge is 0.482 e. The minimum atomic E-state index is -0.575. The second-order valence-electron chi connectivity index (χ2n) is 5.18. The van der Waals surface area contributed by atoms with E-state index in [1.807, 2.05) is 26.0 Å². The molecule has 0 saturated carbocycles. The van der Waals surface area contributed by atoms with E-state index in [9.17, 15) is 14.0 Å². The number of carbonyl (C=O) groups excluding carboxylic acids is 2. The summed E-state index contributed by atoms with van der Waals surface area (Å²) in [5.41, 5.74) is 6.85. The molecule has 0 spiro atoms. The number of benzene rings is 2. The van der Waals surface area contributed by atoms with Gasteiger partial charge in [-0.15, -0.1) is 0 Å². The average molecular weight is 351 g/mol. The van der Waals surface area contributed by atoms with Crippen LogP contribution in [-0.2, 0) is 4.79 Å². The molecule has 0 bridgehead atoms. The van der Waals surface area contributed by atoms with Crippen LogP contribution >= 0.6 is 11.6 Å². The van der Waals surface area contributed by atoms with Gasteiger partial charge in [-0.2, -0.15) is 0 Å². The Bertz CT molecular complexity index is 780. The Morgan fingerprint density at radius 2 is 1.88 bits per heavy atom. The maximum Gasteiger partial charge on any atom is 0.276 e. The van der Waals surface area contributed by atoms with Crippen LogP contribution in [0.3, 0.4) is 0 Å². The molecule has 0 unspecified atom stereocenters. The molecule has 5 nitrogen and oxygen atoms in total. The van der Waals surface area contributed by atoms with Crippen molar-refractivity contribution in [2.24, 2.45) is 0 Å². The average Bonchev–Trinajstić information content (AvgIpc) is 2.51. The summed E-state index contributed by atoms with van der Waals surface area (Å²) in [5, 5.41) is 0.0575. The van der Waals surface area contributed by atoms with E-state index in [1.54, 1.807) is 6.07 Å². The zero-order valence-electron chi connectivity index (χ0n) is 13.2. The minimum absolute atomic E-state index is 0.0575. The number of hydrazine groups is 1. The van der Waals surface area contributed by atoms with Crippen molar-refractivity contribution in [3.63, 3.8) is 0 Å². The highest BCUT2D eigenvalue weighted by atomic mass is 35.5. The van der Waals surface area contributed by atoms with E-state index in [4.69, 9.17) is 16.3 Å². The fourth-order valence-corrected chi connectivity index (χ4v) is 2.26. The Morgan fingerprint density at radius 3 is 2.54 bits per heavy atom. The molecule has 7 heteroatoms. The lowest BCUT2D eigenvalue weighted by Gasteiger charge is -2.11. The first-order valence-electron chi connectivity index (χ1n) is 7.11. The van der Waals surface area contributed by atoms with Crippen molar-refractivity contribution in [2.45, 2.75) is 13.8 Å². The molecule has 0 aromatic heterocycles. The van der Waals surface area contributed by atoms with Gasteiger partial charge < -0.3 is 4.74 Å². The third-order valence-electron chi connectivity index (χ3n) is 3.19. The van der Waals surface area contributed by atoms with Crippen molar-refractivity contribution in [1.82, 2.24) is 10.9 Å². The third-order valence-corrected chi connectivity index (χ3v) is 3.49. The first kappa shape index (κ1) is 17.7. The number of ether oxygens (including phenoxy) is 1. The lowest BCUT2D eigenvalue weighted by molar-refractivity contribution is -0.123. The molecule has 0 atom stereocenters. The van der Waals surface area contributed by atoms with Gasteiger partial charge in [0, 0.05) is 5.56 Å². The van der Waals surface area contributed by atoms with Gasteiger partial charge in [0.15, 0.2) is 6.61 Å². The molecule has 0 aliphatic heterocycles. The first-order valence-corrected chi connectivity index (χ1v) is 7.49. The highest BCUT2D eigenvalue weighted by Crippen LogP contribution is 2.24. The first-order chi connectivity index (χ1) is 11.4. The van der Waals surface area contributed by atoms with Crippen LogP contribution < -0.4 is 15.6 Å². The minimum Gasteiger partial charge on any atom is -0.482 e.